The molecule has 1 amide bonds. The van der Waals surface area contributed by atoms with Gasteiger partial charge in [0.15, 0.2) is 0 Å². The summed E-state index contributed by atoms with van der Waals surface area (Å²) >= 11 is 0. The first-order valence-corrected chi connectivity index (χ1v) is 8.58. The highest BCUT2D eigenvalue weighted by Gasteiger charge is 2.15. The number of nitrogens with one attached hydrogen (secondary N) is 1. The Bertz CT molecular complexity index is 946. The minimum absolute atomic E-state index is 0.0484. The summed E-state index contributed by atoms with van der Waals surface area (Å²) < 4.78 is 6.75. The van der Waals surface area contributed by atoms with E-state index in [4.69, 9.17) is 4.74 Å². The largest absolute Gasteiger partial charge is 0.465 e. The van der Waals surface area contributed by atoms with E-state index < -0.39 is 11.9 Å². The number of carbonyl (C=O) groups excluding carboxylic acids is 2. The Labute approximate surface area is 159 Å². The number of nitriles is 1. The van der Waals surface area contributed by atoms with Crippen molar-refractivity contribution >= 4 is 18.0 Å². The number of methoxy groups -OCH3 is 1. The molecule has 0 bridgehead atoms. The maximum Gasteiger partial charge on any atom is 0.337 e. The fraction of sp³-hybridized carbons (Fsp3) is 0.286. The van der Waals surface area contributed by atoms with Crippen LogP contribution in [0.15, 0.2) is 35.9 Å². The second kappa shape index (κ2) is 8.37. The number of hydrogen-bond donors (Lipinski definition) is 1. The topological polar surface area (TPSA) is 84.1 Å². The summed E-state index contributed by atoms with van der Waals surface area (Å²) in [6, 6.07) is 10.9. The molecule has 1 N–H and O–H groups in total. The number of aromatic nitrogens is 1. The zero-order chi connectivity index (χ0) is 20.1. The fourth-order valence-electron chi connectivity index (χ4n) is 2.86. The molecule has 0 atom stereocenters. The molecule has 2 rings (SSSR count). The first-order valence-electron chi connectivity index (χ1n) is 8.58. The third-order valence-corrected chi connectivity index (χ3v) is 4.08. The van der Waals surface area contributed by atoms with Gasteiger partial charge >= 0.3 is 5.97 Å². The molecular formula is C21H23N3O3. The fourth-order valence-corrected chi connectivity index (χ4v) is 2.86. The van der Waals surface area contributed by atoms with Gasteiger partial charge in [-0.1, -0.05) is 6.07 Å². The monoisotopic (exact) mass is 365 g/mol. The number of nitrogens with zero attached hydrogens (tertiary/aromatic N) is 2. The van der Waals surface area contributed by atoms with Crippen molar-refractivity contribution in [3.8, 4) is 11.8 Å². The number of carbonyl (C=O) groups is 2. The van der Waals surface area contributed by atoms with Crippen LogP contribution in [0.2, 0.25) is 0 Å². The molecule has 0 spiro atoms. The van der Waals surface area contributed by atoms with E-state index in [0.717, 1.165) is 22.6 Å². The molecule has 2 aromatic rings. The Morgan fingerprint density at radius 3 is 2.56 bits per heavy atom. The molecule has 27 heavy (non-hydrogen) atoms. The van der Waals surface area contributed by atoms with Crippen LogP contribution >= 0.6 is 0 Å². The Kier molecular flexibility index (Phi) is 6.19. The van der Waals surface area contributed by atoms with E-state index in [2.05, 4.69) is 5.32 Å². The van der Waals surface area contributed by atoms with Crippen LogP contribution in [0.1, 0.15) is 41.2 Å². The van der Waals surface area contributed by atoms with E-state index in [0.29, 0.717) is 5.56 Å². The summed E-state index contributed by atoms with van der Waals surface area (Å²) in [6.07, 6.45) is 1.58. The van der Waals surface area contributed by atoms with Crippen LogP contribution in [-0.4, -0.2) is 29.6 Å². The number of rotatable bonds is 5. The molecular weight excluding hydrogens is 342 g/mol. The molecule has 0 aliphatic carbocycles. The van der Waals surface area contributed by atoms with E-state index in [1.807, 2.05) is 50.5 Å². The molecule has 140 valence electrons. The number of benzene rings is 1. The predicted molar refractivity (Wildman–Crippen MR) is 103 cm³/mol. The predicted octanol–water partition coefficient (Wildman–Crippen LogP) is 3.31. The Hall–Kier alpha value is -3.33. The zero-order valence-electron chi connectivity index (χ0n) is 16.2. The SMILES string of the molecule is COC(=O)c1cccc(-n2c(C)cc(/C=C(/C#N)C(=O)NC(C)C)c2C)c1. The highest BCUT2D eigenvalue weighted by atomic mass is 16.5. The minimum atomic E-state index is -0.406. The summed E-state index contributed by atoms with van der Waals surface area (Å²) in [5, 5.41) is 12.1. The Morgan fingerprint density at radius 2 is 1.96 bits per heavy atom. The van der Waals surface area contributed by atoms with Crippen molar-refractivity contribution in [3.05, 3.63) is 58.4 Å². The second-order valence-electron chi connectivity index (χ2n) is 6.50. The van der Waals surface area contributed by atoms with Crippen LogP contribution in [-0.2, 0) is 9.53 Å². The number of aryl methyl sites for hydroxylation is 1. The van der Waals surface area contributed by atoms with Gasteiger partial charge in [-0.05, 0) is 63.6 Å². The van der Waals surface area contributed by atoms with Gasteiger partial charge in [-0.3, -0.25) is 4.79 Å². The number of ether oxygens (including phenoxy) is 1. The van der Waals surface area contributed by atoms with Gasteiger partial charge in [-0.2, -0.15) is 5.26 Å². The molecule has 0 fully saturated rings. The molecule has 1 heterocycles. The van der Waals surface area contributed by atoms with Crippen molar-refractivity contribution in [2.45, 2.75) is 33.7 Å². The Balaban J connectivity index is 2.48. The maximum atomic E-state index is 12.2. The first-order chi connectivity index (χ1) is 12.8. The molecule has 0 saturated heterocycles. The van der Waals surface area contributed by atoms with Crippen molar-refractivity contribution in [1.82, 2.24) is 9.88 Å². The maximum absolute atomic E-state index is 12.2. The second-order valence-corrected chi connectivity index (χ2v) is 6.50. The van der Waals surface area contributed by atoms with E-state index in [-0.39, 0.29) is 11.6 Å². The van der Waals surface area contributed by atoms with E-state index >= 15 is 0 Å². The average Bonchev–Trinajstić information content (AvgIpc) is 2.91. The Morgan fingerprint density at radius 1 is 1.26 bits per heavy atom. The van der Waals surface area contributed by atoms with E-state index in [1.54, 1.807) is 24.3 Å². The van der Waals surface area contributed by atoms with Crippen LogP contribution in [0.5, 0.6) is 0 Å². The highest BCUT2D eigenvalue weighted by Crippen LogP contribution is 2.23. The lowest BCUT2D eigenvalue weighted by Crippen LogP contribution is -2.30. The number of esters is 1. The molecule has 1 aromatic heterocycles. The lowest BCUT2D eigenvalue weighted by Gasteiger charge is -2.11. The van der Waals surface area contributed by atoms with E-state index in [9.17, 15) is 14.9 Å². The van der Waals surface area contributed by atoms with Crippen molar-refractivity contribution < 1.29 is 14.3 Å². The zero-order valence-corrected chi connectivity index (χ0v) is 16.2. The molecule has 0 radical (unpaired) electrons. The first kappa shape index (κ1) is 20.0. The molecule has 0 unspecified atom stereocenters. The van der Waals surface area contributed by atoms with Gasteiger partial charge in [0.25, 0.3) is 5.91 Å². The van der Waals surface area contributed by atoms with Gasteiger partial charge in [0.1, 0.15) is 11.6 Å². The molecule has 0 saturated carbocycles. The quantitative estimate of drug-likeness (QED) is 0.500. The van der Waals surface area contributed by atoms with Crippen LogP contribution in [0.3, 0.4) is 0 Å². The van der Waals surface area contributed by atoms with Gasteiger partial charge < -0.3 is 14.6 Å². The summed E-state index contributed by atoms with van der Waals surface area (Å²) in [4.78, 5) is 24.0. The van der Waals surface area contributed by atoms with Gasteiger partial charge in [0.05, 0.1) is 12.7 Å². The van der Waals surface area contributed by atoms with Crippen LogP contribution in [0.25, 0.3) is 11.8 Å². The van der Waals surface area contributed by atoms with Gasteiger partial charge in [-0.15, -0.1) is 0 Å². The normalized spacial score (nSPS) is 11.2. The van der Waals surface area contributed by atoms with Gasteiger partial charge in [0, 0.05) is 23.1 Å². The standard InChI is InChI=1S/C21H23N3O3/c1-13(2)23-20(25)18(12-22)10-17-9-14(3)24(15(17)4)19-8-6-7-16(11-19)21(26)27-5/h6-11,13H,1-5H3,(H,23,25)/b18-10-. The summed E-state index contributed by atoms with van der Waals surface area (Å²) in [5.74, 6) is -0.804. The summed E-state index contributed by atoms with van der Waals surface area (Å²) in [5.41, 5.74) is 3.85. The van der Waals surface area contributed by atoms with Gasteiger partial charge in [-0.25, -0.2) is 4.79 Å². The summed E-state index contributed by atoms with van der Waals surface area (Å²) in [6.45, 7) is 7.51. The van der Waals surface area contributed by atoms with Crippen LogP contribution < -0.4 is 5.32 Å². The molecule has 0 aliphatic rings. The number of amides is 1. The minimum Gasteiger partial charge on any atom is -0.465 e. The lowest BCUT2D eigenvalue weighted by atomic mass is 10.1. The third kappa shape index (κ3) is 4.45. The van der Waals surface area contributed by atoms with Gasteiger partial charge in [0.2, 0.25) is 0 Å². The lowest BCUT2D eigenvalue weighted by molar-refractivity contribution is -0.117. The molecule has 1 aromatic carbocycles. The smallest absolute Gasteiger partial charge is 0.337 e. The highest BCUT2D eigenvalue weighted by molar-refractivity contribution is 6.02. The van der Waals surface area contributed by atoms with Crippen LogP contribution in [0.4, 0.5) is 0 Å². The number of hydrogen-bond acceptors (Lipinski definition) is 4. The third-order valence-electron chi connectivity index (χ3n) is 4.08. The van der Waals surface area contributed by atoms with Crippen molar-refractivity contribution in [2.24, 2.45) is 0 Å². The average molecular weight is 365 g/mol. The molecule has 6 heteroatoms. The van der Waals surface area contributed by atoms with Crippen molar-refractivity contribution in [3.63, 3.8) is 0 Å². The molecule has 6 nitrogen and oxygen atoms in total. The summed E-state index contributed by atoms with van der Waals surface area (Å²) in [7, 11) is 1.34. The van der Waals surface area contributed by atoms with Crippen molar-refractivity contribution in [2.75, 3.05) is 7.11 Å². The molecule has 0 aliphatic heterocycles. The van der Waals surface area contributed by atoms with E-state index in [1.165, 1.54) is 7.11 Å². The van der Waals surface area contributed by atoms with Crippen LogP contribution in [0, 0.1) is 25.2 Å². The van der Waals surface area contributed by atoms with Crippen molar-refractivity contribution in [1.29, 1.82) is 5.26 Å².